The van der Waals surface area contributed by atoms with Crippen molar-refractivity contribution in [2.75, 3.05) is 13.7 Å². The zero-order valence-electron chi connectivity index (χ0n) is 10.9. The van der Waals surface area contributed by atoms with Crippen LogP contribution >= 0.6 is 0 Å². The van der Waals surface area contributed by atoms with Crippen LogP contribution in [0.3, 0.4) is 0 Å². The Balaban J connectivity index is 1.78. The quantitative estimate of drug-likeness (QED) is 0.788. The largest absolute Gasteiger partial charge is 0.496 e. The Hall–Kier alpha value is -1.81. The average molecular weight is 245 g/mol. The molecule has 0 radical (unpaired) electrons. The molecule has 4 heteroatoms. The number of rotatable bonds is 6. The van der Waals surface area contributed by atoms with Crippen molar-refractivity contribution >= 4 is 0 Å². The summed E-state index contributed by atoms with van der Waals surface area (Å²) < 4.78 is 7.14. The fourth-order valence-corrected chi connectivity index (χ4v) is 1.89. The Morgan fingerprint density at radius 2 is 2.11 bits per heavy atom. The maximum Gasteiger partial charge on any atom is 0.123 e. The van der Waals surface area contributed by atoms with Crippen molar-refractivity contribution in [1.29, 1.82) is 0 Å². The highest BCUT2D eigenvalue weighted by Gasteiger charge is 2.01. The monoisotopic (exact) mass is 245 g/mol. The van der Waals surface area contributed by atoms with Gasteiger partial charge < -0.3 is 10.1 Å². The highest BCUT2D eigenvalue weighted by Crippen LogP contribution is 2.16. The molecule has 1 aromatic carbocycles. The Morgan fingerprint density at radius 1 is 1.28 bits per heavy atom. The highest BCUT2D eigenvalue weighted by atomic mass is 16.5. The van der Waals surface area contributed by atoms with Crippen molar-refractivity contribution in [1.82, 2.24) is 15.1 Å². The number of ether oxygens (including phenoxy) is 1. The SMILES string of the molecule is COc1ccccc1CNCCc1ccn(C)n1. The number of hydrogen-bond acceptors (Lipinski definition) is 3. The van der Waals surface area contributed by atoms with Crippen LogP contribution in [0.25, 0.3) is 0 Å². The lowest BCUT2D eigenvalue weighted by Crippen LogP contribution is -2.17. The molecule has 4 nitrogen and oxygen atoms in total. The van der Waals surface area contributed by atoms with Crippen molar-refractivity contribution in [3.63, 3.8) is 0 Å². The average Bonchev–Trinajstić information content (AvgIpc) is 2.81. The van der Waals surface area contributed by atoms with E-state index in [2.05, 4.69) is 16.5 Å². The number of aromatic nitrogens is 2. The second-order valence-corrected chi connectivity index (χ2v) is 4.22. The van der Waals surface area contributed by atoms with Gasteiger partial charge in [0, 0.05) is 38.3 Å². The molecule has 1 N–H and O–H groups in total. The van der Waals surface area contributed by atoms with Crippen LogP contribution in [0.1, 0.15) is 11.3 Å². The van der Waals surface area contributed by atoms with Gasteiger partial charge in [-0.15, -0.1) is 0 Å². The second-order valence-electron chi connectivity index (χ2n) is 4.22. The van der Waals surface area contributed by atoms with Gasteiger partial charge in [-0.05, 0) is 12.1 Å². The Labute approximate surface area is 108 Å². The number of nitrogens with one attached hydrogen (secondary N) is 1. The van der Waals surface area contributed by atoms with Crippen molar-refractivity contribution in [3.05, 3.63) is 47.8 Å². The minimum absolute atomic E-state index is 0.816. The first kappa shape index (κ1) is 12.6. The summed E-state index contributed by atoms with van der Waals surface area (Å²) in [6.07, 6.45) is 2.91. The van der Waals surface area contributed by atoms with E-state index in [9.17, 15) is 0 Å². The van der Waals surface area contributed by atoms with Crippen LogP contribution in [0.5, 0.6) is 5.75 Å². The second kappa shape index (κ2) is 6.21. The number of para-hydroxylation sites is 1. The van der Waals surface area contributed by atoms with Crippen LogP contribution in [0.2, 0.25) is 0 Å². The van der Waals surface area contributed by atoms with Crippen LogP contribution in [0.4, 0.5) is 0 Å². The van der Waals surface area contributed by atoms with Crippen molar-refractivity contribution < 1.29 is 4.74 Å². The summed E-state index contributed by atoms with van der Waals surface area (Å²) in [4.78, 5) is 0. The molecule has 1 aromatic heterocycles. The molecule has 0 atom stereocenters. The summed E-state index contributed by atoms with van der Waals surface area (Å²) in [6, 6.07) is 10.1. The smallest absolute Gasteiger partial charge is 0.123 e. The summed E-state index contributed by atoms with van der Waals surface area (Å²) in [5.74, 6) is 0.933. The Bertz CT molecular complexity index is 493. The van der Waals surface area contributed by atoms with Crippen molar-refractivity contribution in [2.24, 2.45) is 7.05 Å². The van der Waals surface area contributed by atoms with E-state index in [-0.39, 0.29) is 0 Å². The van der Waals surface area contributed by atoms with Gasteiger partial charge >= 0.3 is 0 Å². The third-order valence-electron chi connectivity index (χ3n) is 2.83. The maximum absolute atomic E-state index is 5.31. The van der Waals surface area contributed by atoms with Crippen LogP contribution in [0.15, 0.2) is 36.5 Å². The van der Waals surface area contributed by atoms with Gasteiger partial charge in [0.2, 0.25) is 0 Å². The van der Waals surface area contributed by atoms with Crippen LogP contribution in [-0.4, -0.2) is 23.4 Å². The van der Waals surface area contributed by atoms with Crippen LogP contribution in [0, 0.1) is 0 Å². The normalized spacial score (nSPS) is 10.6. The number of methoxy groups -OCH3 is 1. The summed E-state index contributed by atoms with van der Waals surface area (Å²) >= 11 is 0. The fraction of sp³-hybridized carbons (Fsp3) is 0.357. The minimum Gasteiger partial charge on any atom is -0.496 e. The van der Waals surface area contributed by atoms with E-state index in [0.717, 1.165) is 31.0 Å². The van der Waals surface area contributed by atoms with Gasteiger partial charge in [0.05, 0.1) is 12.8 Å². The molecule has 0 fully saturated rings. The van der Waals surface area contributed by atoms with E-state index in [1.807, 2.05) is 42.2 Å². The summed E-state index contributed by atoms with van der Waals surface area (Å²) in [5.41, 5.74) is 2.30. The molecule has 0 amide bonds. The third kappa shape index (κ3) is 3.34. The lowest BCUT2D eigenvalue weighted by molar-refractivity contribution is 0.408. The molecular formula is C14H19N3O. The Morgan fingerprint density at radius 3 is 2.83 bits per heavy atom. The molecular weight excluding hydrogens is 226 g/mol. The van der Waals surface area contributed by atoms with Gasteiger partial charge in [0.15, 0.2) is 0 Å². The van der Waals surface area contributed by atoms with Crippen LogP contribution < -0.4 is 10.1 Å². The summed E-state index contributed by atoms with van der Waals surface area (Å²) in [7, 11) is 3.64. The number of nitrogens with zero attached hydrogens (tertiary/aromatic N) is 2. The maximum atomic E-state index is 5.31. The molecule has 1 heterocycles. The summed E-state index contributed by atoms with van der Waals surface area (Å²) in [5, 5.41) is 7.75. The minimum atomic E-state index is 0.816. The van der Waals surface area contributed by atoms with E-state index >= 15 is 0 Å². The lowest BCUT2D eigenvalue weighted by atomic mass is 10.2. The summed E-state index contributed by atoms with van der Waals surface area (Å²) in [6.45, 7) is 1.73. The standard InChI is InChI=1S/C14H19N3O/c1-17-10-8-13(16-17)7-9-15-11-12-5-3-4-6-14(12)18-2/h3-6,8,10,15H,7,9,11H2,1-2H3. The zero-order valence-corrected chi connectivity index (χ0v) is 10.9. The van der Waals surface area contributed by atoms with Gasteiger partial charge in [-0.2, -0.15) is 5.10 Å². The predicted molar refractivity (Wildman–Crippen MR) is 71.6 cm³/mol. The molecule has 2 aromatic rings. The first-order chi connectivity index (χ1) is 8.79. The molecule has 0 saturated carbocycles. The molecule has 0 bridgehead atoms. The van der Waals surface area contributed by atoms with Gasteiger partial charge in [-0.3, -0.25) is 4.68 Å². The first-order valence-electron chi connectivity index (χ1n) is 6.10. The van der Waals surface area contributed by atoms with Crippen LogP contribution in [-0.2, 0) is 20.0 Å². The topological polar surface area (TPSA) is 39.1 Å². The van der Waals surface area contributed by atoms with Crippen molar-refractivity contribution in [3.8, 4) is 5.75 Å². The molecule has 2 rings (SSSR count). The third-order valence-corrected chi connectivity index (χ3v) is 2.83. The molecule has 0 spiro atoms. The van der Waals surface area contributed by atoms with Gasteiger partial charge in [0.1, 0.15) is 5.75 Å². The fourth-order valence-electron chi connectivity index (χ4n) is 1.89. The molecule has 18 heavy (non-hydrogen) atoms. The molecule has 0 unspecified atom stereocenters. The molecule has 96 valence electrons. The van der Waals surface area contributed by atoms with Gasteiger partial charge in [-0.1, -0.05) is 18.2 Å². The highest BCUT2D eigenvalue weighted by molar-refractivity contribution is 5.32. The van der Waals surface area contributed by atoms with Crippen molar-refractivity contribution in [2.45, 2.75) is 13.0 Å². The number of aryl methyl sites for hydroxylation is 1. The van der Waals surface area contributed by atoms with Gasteiger partial charge in [0.25, 0.3) is 0 Å². The van der Waals surface area contributed by atoms with E-state index in [1.165, 1.54) is 5.56 Å². The number of hydrogen-bond donors (Lipinski definition) is 1. The van der Waals surface area contributed by atoms with E-state index in [0.29, 0.717) is 0 Å². The molecule has 0 saturated heterocycles. The molecule has 0 aliphatic heterocycles. The predicted octanol–water partition coefficient (Wildman–Crippen LogP) is 1.76. The van der Waals surface area contributed by atoms with E-state index < -0.39 is 0 Å². The Kier molecular flexibility index (Phi) is 4.36. The van der Waals surface area contributed by atoms with E-state index in [4.69, 9.17) is 4.74 Å². The van der Waals surface area contributed by atoms with E-state index in [1.54, 1.807) is 7.11 Å². The van der Waals surface area contributed by atoms with Gasteiger partial charge in [-0.25, -0.2) is 0 Å². The molecule has 0 aliphatic rings. The molecule has 0 aliphatic carbocycles. The lowest BCUT2D eigenvalue weighted by Gasteiger charge is -2.08. The zero-order chi connectivity index (χ0) is 12.8. The number of benzene rings is 1. The first-order valence-corrected chi connectivity index (χ1v) is 6.10.